The average Bonchev–Trinajstić information content (AvgIpc) is 2.65. The summed E-state index contributed by atoms with van der Waals surface area (Å²) in [6, 6.07) is 23.4. The van der Waals surface area contributed by atoms with E-state index in [9.17, 15) is 4.79 Å². The average molecular weight is 328 g/mol. The molecule has 0 bridgehead atoms. The molecule has 124 valence electrons. The van der Waals surface area contributed by atoms with Crippen LogP contribution in [0, 0.1) is 11.3 Å². The Hall–Kier alpha value is -3.12. The van der Waals surface area contributed by atoms with Crippen molar-refractivity contribution in [2.75, 3.05) is 0 Å². The van der Waals surface area contributed by atoms with Crippen molar-refractivity contribution >= 4 is 16.7 Å². The summed E-state index contributed by atoms with van der Waals surface area (Å²) in [6.07, 6.45) is 0. The Labute approximate surface area is 148 Å². The summed E-state index contributed by atoms with van der Waals surface area (Å²) in [5.74, 6) is 0.0186. The molecule has 0 fully saturated rings. The molecular weight excluding hydrogens is 308 g/mol. The molecule has 0 saturated carbocycles. The minimum absolute atomic E-state index is 0.0186. The third-order valence-corrected chi connectivity index (χ3v) is 4.32. The maximum Gasteiger partial charge on any atom is 0.254 e. The van der Waals surface area contributed by atoms with Crippen LogP contribution in [0.1, 0.15) is 35.3 Å². The maximum absolute atomic E-state index is 13.0. The molecule has 3 aromatic carbocycles. The van der Waals surface area contributed by atoms with Gasteiger partial charge in [-0.2, -0.15) is 5.26 Å². The van der Waals surface area contributed by atoms with Crippen molar-refractivity contribution in [3.05, 3.63) is 83.4 Å². The lowest BCUT2D eigenvalue weighted by Gasteiger charge is -2.27. The summed E-state index contributed by atoms with van der Waals surface area (Å²) < 4.78 is 0. The SMILES string of the molecule is CC(C)N(Cc1ccc(C#N)cc1)C(=O)c1ccc2ccccc2c1. The molecule has 1 amide bonds. The van der Waals surface area contributed by atoms with Gasteiger partial charge in [0.15, 0.2) is 0 Å². The van der Waals surface area contributed by atoms with E-state index < -0.39 is 0 Å². The van der Waals surface area contributed by atoms with Crippen LogP contribution in [0.15, 0.2) is 66.7 Å². The van der Waals surface area contributed by atoms with Crippen molar-refractivity contribution in [1.29, 1.82) is 5.26 Å². The zero-order chi connectivity index (χ0) is 17.8. The second-order valence-electron chi connectivity index (χ2n) is 6.40. The standard InChI is InChI=1S/C22H20N2O/c1-16(2)24(15-18-9-7-17(14-23)8-10-18)22(25)21-12-11-19-5-3-4-6-20(19)13-21/h3-13,16H,15H2,1-2H3. The van der Waals surface area contributed by atoms with Gasteiger partial charge in [-0.25, -0.2) is 0 Å². The predicted molar refractivity (Wildman–Crippen MR) is 100 cm³/mol. The fraction of sp³-hybridized carbons (Fsp3) is 0.182. The lowest BCUT2D eigenvalue weighted by Crippen LogP contribution is -2.36. The molecular formula is C22H20N2O. The van der Waals surface area contributed by atoms with Crippen molar-refractivity contribution in [3.63, 3.8) is 0 Å². The number of nitriles is 1. The van der Waals surface area contributed by atoms with Crippen LogP contribution in [0.5, 0.6) is 0 Å². The molecule has 0 aliphatic rings. The summed E-state index contributed by atoms with van der Waals surface area (Å²) in [5.41, 5.74) is 2.34. The molecule has 25 heavy (non-hydrogen) atoms. The fourth-order valence-electron chi connectivity index (χ4n) is 2.86. The first kappa shape index (κ1) is 16.7. The van der Waals surface area contributed by atoms with Crippen molar-refractivity contribution in [3.8, 4) is 6.07 Å². The number of benzene rings is 3. The number of amides is 1. The van der Waals surface area contributed by atoms with Crippen molar-refractivity contribution < 1.29 is 4.79 Å². The highest BCUT2D eigenvalue weighted by atomic mass is 16.2. The molecule has 0 heterocycles. The van der Waals surface area contributed by atoms with Gasteiger partial charge in [-0.3, -0.25) is 4.79 Å². The van der Waals surface area contributed by atoms with Crippen molar-refractivity contribution in [2.24, 2.45) is 0 Å². The molecule has 0 saturated heterocycles. The van der Waals surface area contributed by atoms with E-state index in [1.165, 1.54) is 0 Å². The summed E-state index contributed by atoms with van der Waals surface area (Å²) >= 11 is 0. The van der Waals surface area contributed by atoms with E-state index in [2.05, 4.69) is 6.07 Å². The van der Waals surface area contributed by atoms with E-state index >= 15 is 0 Å². The summed E-state index contributed by atoms with van der Waals surface area (Å²) in [6.45, 7) is 4.56. The van der Waals surface area contributed by atoms with Crippen LogP contribution >= 0.6 is 0 Å². The van der Waals surface area contributed by atoms with Crippen LogP contribution in [0.3, 0.4) is 0 Å². The molecule has 0 N–H and O–H groups in total. The van der Waals surface area contributed by atoms with Crippen molar-refractivity contribution in [2.45, 2.75) is 26.4 Å². The summed E-state index contributed by atoms with van der Waals surface area (Å²) in [5, 5.41) is 11.1. The number of carbonyl (C=O) groups is 1. The van der Waals surface area contributed by atoms with Crippen LogP contribution in [0.25, 0.3) is 10.8 Å². The maximum atomic E-state index is 13.0. The highest BCUT2D eigenvalue weighted by Crippen LogP contribution is 2.19. The molecule has 0 aromatic heterocycles. The van der Waals surface area contributed by atoms with Gasteiger partial charge in [-0.15, -0.1) is 0 Å². The Kier molecular flexibility index (Phi) is 4.81. The number of carbonyl (C=O) groups excluding carboxylic acids is 1. The minimum atomic E-state index is 0.0186. The normalized spacial score (nSPS) is 10.6. The Morgan fingerprint density at radius 3 is 2.32 bits per heavy atom. The third kappa shape index (κ3) is 3.70. The van der Waals surface area contributed by atoms with E-state index in [1.54, 1.807) is 12.1 Å². The van der Waals surface area contributed by atoms with Gasteiger partial charge in [0.25, 0.3) is 5.91 Å². The second kappa shape index (κ2) is 7.19. The first-order chi connectivity index (χ1) is 12.1. The molecule has 0 aliphatic carbocycles. The zero-order valence-electron chi connectivity index (χ0n) is 14.4. The Balaban J connectivity index is 1.87. The number of fused-ring (bicyclic) bond motifs is 1. The van der Waals surface area contributed by atoms with Gasteiger partial charge in [0.2, 0.25) is 0 Å². The smallest absolute Gasteiger partial charge is 0.254 e. The van der Waals surface area contributed by atoms with Crippen molar-refractivity contribution in [1.82, 2.24) is 4.90 Å². The van der Waals surface area contributed by atoms with E-state index in [1.807, 2.05) is 73.3 Å². The van der Waals surface area contributed by atoms with E-state index in [-0.39, 0.29) is 11.9 Å². The van der Waals surface area contributed by atoms with E-state index in [0.717, 1.165) is 16.3 Å². The summed E-state index contributed by atoms with van der Waals surface area (Å²) in [4.78, 5) is 14.9. The van der Waals surface area contributed by atoms with Crippen LogP contribution in [-0.4, -0.2) is 16.8 Å². The van der Waals surface area contributed by atoms with E-state index in [4.69, 9.17) is 5.26 Å². The van der Waals surface area contributed by atoms with Gasteiger partial charge >= 0.3 is 0 Å². The molecule has 0 radical (unpaired) electrons. The van der Waals surface area contributed by atoms with Gasteiger partial charge in [0.1, 0.15) is 0 Å². The van der Waals surface area contributed by atoms with Crippen LogP contribution in [-0.2, 0) is 6.54 Å². The molecule has 3 aromatic rings. The minimum Gasteiger partial charge on any atom is -0.332 e. The number of nitrogens with zero attached hydrogens (tertiary/aromatic N) is 2. The number of rotatable bonds is 4. The lowest BCUT2D eigenvalue weighted by atomic mass is 10.0. The fourth-order valence-corrected chi connectivity index (χ4v) is 2.86. The Bertz CT molecular complexity index is 936. The number of hydrogen-bond acceptors (Lipinski definition) is 2. The van der Waals surface area contributed by atoms with Crippen LogP contribution in [0.2, 0.25) is 0 Å². The molecule has 0 aliphatic heterocycles. The van der Waals surface area contributed by atoms with Crippen LogP contribution < -0.4 is 0 Å². The Morgan fingerprint density at radius 2 is 1.68 bits per heavy atom. The van der Waals surface area contributed by atoms with Gasteiger partial charge in [0.05, 0.1) is 11.6 Å². The first-order valence-corrected chi connectivity index (χ1v) is 8.37. The third-order valence-electron chi connectivity index (χ3n) is 4.32. The molecule has 3 heteroatoms. The van der Waals surface area contributed by atoms with Gasteiger partial charge in [-0.05, 0) is 54.4 Å². The van der Waals surface area contributed by atoms with Gasteiger partial charge in [0, 0.05) is 18.2 Å². The highest BCUT2D eigenvalue weighted by molar-refractivity contribution is 5.98. The van der Waals surface area contributed by atoms with Gasteiger partial charge < -0.3 is 4.90 Å². The number of hydrogen-bond donors (Lipinski definition) is 0. The highest BCUT2D eigenvalue weighted by Gasteiger charge is 2.19. The van der Waals surface area contributed by atoms with Gasteiger partial charge in [-0.1, -0.05) is 42.5 Å². The topological polar surface area (TPSA) is 44.1 Å². The first-order valence-electron chi connectivity index (χ1n) is 8.37. The molecule has 0 atom stereocenters. The van der Waals surface area contributed by atoms with Crippen LogP contribution in [0.4, 0.5) is 0 Å². The molecule has 3 nitrogen and oxygen atoms in total. The molecule has 0 spiro atoms. The lowest BCUT2D eigenvalue weighted by molar-refractivity contribution is 0.0690. The quantitative estimate of drug-likeness (QED) is 0.693. The molecule has 3 rings (SSSR count). The second-order valence-corrected chi connectivity index (χ2v) is 6.40. The van der Waals surface area contributed by atoms with E-state index in [0.29, 0.717) is 17.7 Å². The largest absolute Gasteiger partial charge is 0.332 e. The Morgan fingerprint density at radius 1 is 1.00 bits per heavy atom. The summed E-state index contributed by atoms with van der Waals surface area (Å²) in [7, 11) is 0. The predicted octanol–water partition coefficient (Wildman–Crippen LogP) is 4.76. The monoisotopic (exact) mass is 328 g/mol. The zero-order valence-corrected chi connectivity index (χ0v) is 14.4. The molecule has 0 unspecified atom stereocenters.